The Morgan fingerprint density at radius 2 is 1.77 bits per heavy atom. The van der Waals surface area contributed by atoms with Gasteiger partial charge in [-0.15, -0.1) is 0 Å². The molecule has 4 nitrogen and oxygen atoms in total. The molecule has 2 aromatic rings. The number of benzene rings is 1. The summed E-state index contributed by atoms with van der Waals surface area (Å²) in [5.74, 6) is 1.63. The fourth-order valence-corrected chi connectivity index (χ4v) is 3.30. The molecule has 138 valence electrons. The maximum Gasteiger partial charge on any atom is 0.246 e. The summed E-state index contributed by atoms with van der Waals surface area (Å²) in [6, 6.07) is 12.3. The zero-order chi connectivity index (χ0) is 18.4. The average Bonchev–Trinajstić information content (AvgIpc) is 2.89. The van der Waals surface area contributed by atoms with Gasteiger partial charge in [-0.3, -0.25) is 4.79 Å². The molecule has 0 unspecified atom stereocenters. The standard InChI is InChI=1S/C22H28N2O2/c1-18-7-13-21(26-18)17-23(2)22(25)14-10-19-8-11-20(12-9-19)24-15-5-3-4-6-16-24/h7-14H,3-6,15-17H2,1-2H3/b14-10+. The fourth-order valence-electron chi connectivity index (χ4n) is 3.30. The van der Waals surface area contributed by atoms with Crippen LogP contribution in [0.4, 0.5) is 5.69 Å². The molecule has 0 spiro atoms. The van der Waals surface area contributed by atoms with E-state index in [9.17, 15) is 4.79 Å². The van der Waals surface area contributed by atoms with Gasteiger partial charge in [0, 0.05) is 31.9 Å². The van der Waals surface area contributed by atoms with Crippen molar-refractivity contribution in [2.24, 2.45) is 0 Å². The highest BCUT2D eigenvalue weighted by atomic mass is 16.3. The molecule has 1 saturated heterocycles. The zero-order valence-electron chi connectivity index (χ0n) is 15.8. The van der Waals surface area contributed by atoms with E-state index in [2.05, 4.69) is 29.2 Å². The second-order valence-electron chi connectivity index (χ2n) is 7.03. The Kier molecular flexibility index (Phi) is 6.16. The van der Waals surface area contributed by atoms with Crippen LogP contribution in [0.2, 0.25) is 0 Å². The lowest BCUT2D eigenvalue weighted by Gasteiger charge is -2.22. The lowest BCUT2D eigenvalue weighted by molar-refractivity contribution is -0.125. The van der Waals surface area contributed by atoms with E-state index >= 15 is 0 Å². The van der Waals surface area contributed by atoms with Crippen LogP contribution >= 0.6 is 0 Å². The SMILES string of the molecule is Cc1ccc(CN(C)C(=O)/C=C/c2ccc(N3CCCCCC3)cc2)o1. The van der Waals surface area contributed by atoms with Gasteiger partial charge in [-0.1, -0.05) is 25.0 Å². The van der Waals surface area contributed by atoms with E-state index in [-0.39, 0.29) is 5.91 Å². The van der Waals surface area contributed by atoms with E-state index in [0.29, 0.717) is 6.54 Å². The molecule has 0 radical (unpaired) electrons. The van der Waals surface area contributed by atoms with Crippen molar-refractivity contribution < 1.29 is 9.21 Å². The van der Waals surface area contributed by atoms with Crippen molar-refractivity contribution in [1.29, 1.82) is 0 Å². The van der Waals surface area contributed by atoms with E-state index in [0.717, 1.165) is 30.2 Å². The molecular weight excluding hydrogens is 324 g/mol. The van der Waals surface area contributed by atoms with E-state index in [1.807, 2.05) is 25.1 Å². The summed E-state index contributed by atoms with van der Waals surface area (Å²) < 4.78 is 5.52. The lowest BCUT2D eigenvalue weighted by Crippen LogP contribution is -2.24. The average molecular weight is 352 g/mol. The van der Waals surface area contributed by atoms with Crippen LogP contribution in [0, 0.1) is 6.92 Å². The largest absolute Gasteiger partial charge is 0.464 e. The number of anilines is 1. The molecule has 1 aliphatic rings. The smallest absolute Gasteiger partial charge is 0.246 e. The number of aryl methyl sites for hydroxylation is 1. The molecule has 1 fully saturated rings. The first-order valence-electron chi connectivity index (χ1n) is 9.45. The number of carbonyl (C=O) groups is 1. The van der Waals surface area contributed by atoms with E-state index < -0.39 is 0 Å². The van der Waals surface area contributed by atoms with Crippen LogP contribution in [0.1, 0.15) is 42.8 Å². The van der Waals surface area contributed by atoms with Crippen LogP contribution in [-0.4, -0.2) is 30.9 Å². The first-order valence-corrected chi connectivity index (χ1v) is 9.45. The van der Waals surface area contributed by atoms with Crippen molar-refractivity contribution in [1.82, 2.24) is 4.90 Å². The summed E-state index contributed by atoms with van der Waals surface area (Å²) in [4.78, 5) is 16.4. The number of likely N-dealkylation sites (N-methyl/N-ethyl adjacent to an activating group) is 1. The summed E-state index contributed by atoms with van der Waals surface area (Å²) in [6.45, 7) is 4.67. The van der Waals surface area contributed by atoms with Crippen LogP contribution in [0.3, 0.4) is 0 Å². The second kappa shape index (κ2) is 8.75. The monoisotopic (exact) mass is 352 g/mol. The predicted octanol–water partition coefficient (Wildman–Crippen LogP) is 4.64. The minimum absolute atomic E-state index is 0.0318. The molecule has 0 bridgehead atoms. The van der Waals surface area contributed by atoms with Crippen molar-refractivity contribution in [3.8, 4) is 0 Å². The number of hydrogen-bond donors (Lipinski definition) is 0. The van der Waals surface area contributed by atoms with Crippen molar-refractivity contribution in [2.45, 2.75) is 39.2 Å². The van der Waals surface area contributed by atoms with Crippen molar-refractivity contribution in [3.05, 3.63) is 59.6 Å². The van der Waals surface area contributed by atoms with E-state index in [1.165, 1.54) is 31.4 Å². The number of amides is 1. The third-order valence-electron chi connectivity index (χ3n) is 4.85. The van der Waals surface area contributed by atoms with Crippen molar-refractivity contribution >= 4 is 17.7 Å². The molecule has 26 heavy (non-hydrogen) atoms. The molecule has 1 aromatic heterocycles. The molecular formula is C22H28N2O2. The Balaban J connectivity index is 1.56. The molecule has 1 aliphatic heterocycles. The van der Waals surface area contributed by atoms with Gasteiger partial charge in [0.2, 0.25) is 5.91 Å². The highest BCUT2D eigenvalue weighted by molar-refractivity contribution is 5.91. The minimum atomic E-state index is -0.0318. The molecule has 0 N–H and O–H groups in total. The summed E-state index contributed by atoms with van der Waals surface area (Å²) in [5.41, 5.74) is 2.32. The van der Waals surface area contributed by atoms with Crippen molar-refractivity contribution in [2.75, 3.05) is 25.0 Å². The number of carbonyl (C=O) groups excluding carboxylic acids is 1. The molecule has 1 amide bonds. The molecule has 3 rings (SSSR count). The molecule has 4 heteroatoms. The van der Waals surface area contributed by atoms with Gasteiger partial charge in [0.1, 0.15) is 11.5 Å². The predicted molar refractivity (Wildman–Crippen MR) is 106 cm³/mol. The van der Waals surface area contributed by atoms with Crippen LogP contribution in [0.5, 0.6) is 0 Å². The van der Waals surface area contributed by atoms with E-state index in [4.69, 9.17) is 4.42 Å². The molecule has 0 atom stereocenters. The maximum atomic E-state index is 12.3. The zero-order valence-corrected chi connectivity index (χ0v) is 15.8. The maximum absolute atomic E-state index is 12.3. The Labute approximate surface area is 156 Å². The quantitative estimate of drug-likeness (QED) is 0.736. The normalized spacial score (nSPS) is 15.2. The van der Waals surface area contributed by atoms with E-state index in [1.54, 1.807) is 18.0 Å². The van der Waals surface area contributed by atoms with Crippen LogP contribution < -0.4 is 4.90 Å². The third-order valence-corrected chi connectivity index (χ3v) is 4.85. The van der Waals surface area contributed by atoms with Crippen LogP contribution in [0.25, 0.3) is 6.08 Å². The number of furan rings is 1. The molecule has 1 aromatic carbocycles. The molecule has 0 aliphatic carbocycles. The second-order valence-corrected chi connectivity index (χ2v) is 7.03. The van der Waals surface area contributed by atoms with Gasteiger partial charge < -0.3 is 14.2 Å². The Morgan fingerprint density at radius 1 is 1.08 bits per heavy atom. The summed E-state index contributed by atoms with van der Waals surface area (Å²) in [7, 11) is 1.78. The number of nitrogens with zero attached hydrogens (tertiary/aromatic N) is 2. The first-order chi connectivity index (χ1) is 12.6. The fraction of sp³-hybridized carbons (Fsp3) is 0.409. The van der Waals surface area contributed by atoms with Gasteiger partial charge in [-0.2, -0.15) is 0 Å². The summed E-state index contributed by atoms with van der Waals surface area (Å²) in [6.07, 6.45) is 8.72. The summed E-state index contributed by atoms with van der Waals surface area (Å²) >= 11 is 0. The van der Waals surface area contributed by atoms with Gasteiger partial charge in [0.05, 0.1) is 6.54 Å². The highest BCUT2D eigenvalue weighted by Gasteiger charge is 2.10. The highest BCUT2D eigenvalue weighted by Crippen LogP contribution is 2.20. The van der Waals surface area contributed by atoms with Gasteiger partial charge in [-0.05, 0) is 55.7 Å². The molecule has 2 heterocycles. The van der Waals surface area contributed by atoms with Crippen LogP contribution in [0.15, 0.2) is 46.9 Å². The van der Waals surface area contributed by atoms with Gasteiger partial charge >= 0.3 is 0 Å². The van der Waals surface area contributed by atoms with Crippen molar-refractivity contribution in [3.63, 3.8) is 0 Å². The lowest BCUT2D eigenvalue weighted by atomic mass is 10.1. The Bertz CT molecular complexity index is 738. The topological polar surface area (TPSA) is 36.7 Å². The summed E-state index contributed by atoms with van der Waals surface area (Å²) in [5, 5.41) is 0. The van der Waals surface area contributed by atoms with Gasteiger partial charge in [-0.25, -0.2) is 0 Å². The van der Waals surface area contributed by atoms with Gasteiger partial charge in [0.15, 0.2) is 0 Å². The molecule has 0 saturated carbocycles. The van der Waals surface area contributed by atoms with Gasteiger partial charge in [0.25, 0.3) is 0 Å². The number of rotatable bonds is 5. The Morgan fingerprint density at radius 3 is 2.38 bits per heavy atom. The first kappa shape index (κ1) is 18.3. The minimum Gasteiger partial charge on any atom is -0.464 e. The van der Waals surface area contributed by atoms with Crippen LogP contribution in [-0.2, 0) is 11.3 Å². The third kappa shape index (κ3) is 5.01. The Hall–Kier alpha value is -2.49. The number of hydrogen-bond acceptors (Lipinski definition) is 3.